The molecule has 0 spiro atoms. The van der Waals surface area contributed by atoms with Crippen molar-refractivity contribution in [1.29, 1.82) is 5.26 Å². The Hall–Kier alpha value is -3.54. The average molecular weight is 365 g/mol. The molecular weight excluding hydrogens is 349 g/mol. The molecular formula is C18H16FN7O. The van der Waals surface area contributed by atoms with Gasteiger partial charge in [-0.2, -0.15) is 9.78 Å². The van der Waals surface area contributed by atoms with Gasteiger partial charge in [-0.1, -0.05) is 6.07 Å². The average Bonchev–Trinajstić information content (AvgIpc) is 3.17. The molecule has 136 valence electrons. The van der Waals surface area contributed by atoms with E-state index in [1.165, 1.54) is 12.1 Å². The molecule has 3 heterocycles. The maximum atomic E-state index is 13.4. The summed E-state index contributed by atoms with van der Waals surface area (Å²) in [6.45, 7) is 2.48. The standard InChI is InChI=1S/C18H16FN7O/c19-15-2-1-13(9-14(15)11-20)10-18(27)25-7-5-24(6-8-25)17-4-3-16-22-21-12-26(16)23-17/h1-4,9,12H,5-8,10H2. The predicted molar refractivity (Wildman–Crippen MR) is 94.4 cm³/mol. The van der Waals surface area contributed by atoms with Gasteiger partial charge in [0, 0.05) is 26.2 Å². The quantitative estimate of drug-likeness (QED) is 0.689. The molecule has 1 amide bonds. The molecule has 0 unspecified atom stereocenters. The second kappa shape index (κ2) is 6.99. The van der Waals surface area contributed by atoms with Gasteiger partial charge in [-0.25, -0.2) is 4.39 Å². The number of halogens is 1. The third-order valence-corrected chi connectivity index (χ3v) is 4.61. The van der Waals surface area contributed by atoms with Gasteiger partial charge in [0.2, 0.25) is 5.91 Å². The molecule has 3 aromatic rings. The molecule has 1 fully saturated rings. The van der Waals surface area contributed by atoms with E-state index in [4.69, 9.17) is 5.26 Å². The summed E-state index contributed by atoms with van der Waals surface area (Å²) in [5, 5.41) is 21.1. The number of nitriles is 1. The Bertz CT molecular complexity index is 1030. The van der Waals surface area contributed by atoms with Gasteiger partial charge in [0.05, 0.1) is 12.0 Å². The Kier molecular flexibility index (Phi) is 4.38. The number of piperazine rings is 1. The molecule has 1 aliphatic heterocycles. The first kappa shape index (κ1) is 16.9. The molecule has 0 aliphatic carbocycles. The van der Waals surface area contributed by atoms with Crippen LogP contribution in [0.1, 0.15) is 11.1 Å². The molecule has 9 heteroatoms. The fraction of sp³-hybridized carbons (Fsp3) is 0.278. The van der Waals surface area contributed by atoms with E-state index in [0.717, 1.165) is 5.82 Å². The molecule has 0 radical (unpaired) electrons. The van der Waals surface area contributed by atoms with Crippen molar-refractivity contribution >= 4 is 17.4 Å². The van der Waals surface area contributed by atoms with E-state index in [9.17, 15) is 9.18 Å². The van der Waals surface area contributed by atoms with Gasteiger partial charge in [0.15, 0.2) is 5.65 Å². The summed E-state index contributed by atoms with van der Waals surface area (Å²) in [6, 6.07) is 9.75. The molecule has 0 bridgehead atoms. The van der Waals surface area contributed by atoms with Crippen LogP contribution in [0.3, 0.4) is 0 Å². The van der Waals surface area contributed by atoms with Crippen molar-refractivity contribution in [2.45, 2.75) is 6.42 Å². The van der Waals surface area contributed by atoms with Crippen molar-refractivity contribution in [3.8, 4) is 6.07 Å². The van der Waals surface area contributed by atoms with E-state index in [1.54, 1.807) is 27.9 Å². The Morgan fingerprint density at radius 2 is 2.00 bits per heavy atom. The minimum Gasteiger partial charge on any atom is -0.352 e. The highest BCUT2D eigenvalue weighted by atomic mass is 19.1. The van der Waals surface area contributed by atoms with Crippen LogP contribution in [-0.4, -0.2) is 56.8 Å². The topological polar surface area (TPSA) is 90.4 Å². The molecule has 0 saturated carbocycles. The van der Waals surface area contributed by atoms with Crippen molar-refractivity contribution in [3.63, 3.8) is 0 Å². The van der Waals surface area contributed by atoms with E-state index in [2.05, 4.69) is 20.2 Å². The zero-order valence-electron chi connectivity index (χ0n) is 14.4. The maximum absolute atomic E-state index is 13.4. The first-order chi connectivity index (χ1) is 13.1. The van der Waals surface area contributed by atoms with Gasteiger partial charge in [0.1, 0.15) is 24.0 Å². The summed E-state index contributed by atoms with van der Waals surface area (Å²) in [4.78, 5) is 16.4. The number of fused-ring (bicyclic) bond motifs is 1. The van der Waals surface area contributed by atoms with Crippen LogP contribution in [0.2, 0.25) is 0 Å². The predicted octanol–water partition coefficient (Wildman–Crippen LogP) is 1.03. The Labute approximate surface area is 154 Å². The highest BCUT2D eigenvalue weighted by molar-refractivity contribution is 5.79. The van der Waals surface area contributed by atoms with Gasteiger partial charge in [-0.3, -0.25) is 4.79 Å². The Morgan fingerprint density at radius 1 is 1.19 bits per heavy atom. The zero-order valence-corrected chi connectivity index (χ0v) is 14.4. The third-order valence-electron chi connectivity index (χ3n) is 4.61. The molecule has 2 aromatic heterocycles. The number of amides is 1. The zero-order chi connectivity index (χ0) is 18.8. The molecule has 1 aliphatic rings. The lowest BCUT2D eigenvalue weighted by Crippen LogP contribution is -2.49. The number of rotatable bonds is 3. The largest absolute Gasteiger partial charge is 0.352 e. The number of anilines is 1. The lowest BCUT2D eigenvalue weighted by atomic mass is 10.1. The molecule has 8 nitrogen and oxygen atoms in total. The summed E-state index contributed by atoms with van der Waals surface area (Å²) in [6.07, 6.45) is 1.71. The van der Waals surface area contributed by atoms with Gasteiger partial charge in [-0.05, 0) is 29.8 Å². The maximum Gasteiger partial charge on any atom is 0.227 e. The summed E-state index contributed by atoms with van der Waals surface area (Å²) in [5.41, 5.74) is 1.28. The van der Waals surface area contributed by atoms with Gasteiger partial charge < -0.3 is 9.80 Å². The lowest BCUT2D eigenvalue weighted by Gasteiger charge is -2.35. The van der Waals surface area contributed by atoms with Crippen molar-refractivity contribution in [3.05, 3.63) is 53.6 Å². The third kappa shape index (κ3) is 3.42. The number of nitrogens with zero attached hydrogens (tertiary/aromatic N) is 7. The number of hydrogen-bond acceptors (Lipinski definition) is 6. The number of carbonyl (C=O) groups excluding carboxylic acids is 1. The molecule has 4 rings (SSSR count). The van der Waals surface area contributed by atoms with E-state index >= 15 is 0 Å². The van der Waals surface area contributed by atoms with Crippen LogP contribution in [0.5, 0.6) is 0 Å². The van der Waals surface area contributed by atoms with E-state index in [1.807, 2.05) is 12.1 Å². The monoisotopic (exact) mass is 365 g/mol. The lowest BCUT2D eigenvalue weighted by molar-refractivity contribution is -0.130. The SMILES string of the molecule is N#Cc1cc(CC(=O)N2CCN(c3ccc4nncn4n3)CC2)ccc1F. The van der Waals surface area contributed by atoms with Crippen LogP contribution in [0.25, 0.3) is 5.65 Å². The van der Waals surface area contributed by atoms with Crippen molar-refractivity contribution in [2.24, 2.45) is 0 Å². The smallest absolute Gasteiger partial charge is 0.227 e. The molecule has 1 saturated heterocycles. The van der Waals surface area contributed by atoms with Crippen molar-refractivity contribution in [2.75, 3.05) is 31.1 Å². The molecule has 1 aromatic carbocycles. The summed E-state index contributed by atoms with van der Waals surface area (Å²) in [5.74, 6) is 0.207. The fourth-order valence-corrected chi connectivity index (χ4v) is 3.13. The molecule has 0 N–H and O–H groups in total. The minimum absolute atomic E-state index is 0.0348. The van der Waals surface area contributed by atoms with Crippen LogP contribution in [0, 0.1) is 17.1 Å². The number of hydrogen-bond donors (Lipinski definition) is 0. The van der Waals surface area contributed by atoms with Crippen LogP contribution in [0.4, 0.5) is 10.2 Å². The number of benzene rings is 1. The highest BCUT2D eigenvalue weighted by Gasteiger charge is 2.22. The summed E-state index contributed by atoms with van der Waals surface area (Å²) in [7, 11) is 0. The second-order valence-electron chi connectivity index (χ2n) is 6.30. The van der Waals surface area contributed by atoms with E-state index in [-0.39, 0.29) is 17.9 Å². The molecule has 27 heavy (non-hydrogen) atoms. The summed E-state index contributed by atoms with van der Waals surface area (Å²) >= 11 is 0. The second-order valence-corrected chi connectivity index (χ2v) is 6.30. The molecule has 0 atom stereocenters. The first-order valence-corrected chi connectivity index (χ1v) is 8.52. The van der Waals surface area contributed by atoms with Crippen LogP contribution in [-0.2, 0) is 11.2 Å². The van der Waals surface area contributed by atoms with Crippen LogP contribution >= 0.6 is 0 Å². The summed E-state index contributed by atoms with van der Waals surface area (Å²) < 4.78 is 15.0. The highest BCUT2D eigenvalue weighted by Crippen LogP contribution is 2.16. The van der Waals surface area contributed by atoms with Crippen molar-refractivity contribution < 1.29 is 9.18 Å². The van der Waals surface area contributed by atoms with Gasteiger partial charge in [0.25, 0.3) is 0 Å². The van der Waals surface area contributed by atoms with Crippen LogP contribution in [0.15, 0.2) is 36.7 Å². The Morgan fingerprint density at radius 3 is 2.78 bits per heavy atom. The van der Waals surface area contributed by atoms with Crippen molar-refractivity contribution in [1.82, 2.24) is 24.7 Å². The van der Waals surface area contributed by atoms with E-state index in [0.29, 0.717) is 37.4 Å². The normalized spacial score (nSPS) is 14.4. The fourth-order valence-electron chi connectivity index (χ4n) is 3.13. The number of carbonyl (C=O) groups is 1. The van der Waals surface area contributed by atoms with E-state index < -0.39 is 5.82 Å². The van der Waals surface area contributed by atoms with Crippen LogP contribution < -0.4 is 4.90 Å². The first-order valence-electron chi connectivity index (χ1n) is 8.52. The minimum atomic E-state index is -0.570. The Balaban J connectivity index is 1.38. The van der Waals surface area contributed by atoms with Gasteiger partial charge in [-0.15, -0.1) is 15.3 Å². The number of aromatic nitrogens is 4. The van der Waals surface area contributed by atoms with Gasteiger partial charge >= 0.3 is 0 Å².